The topological polar surface area (TPSA) is 38.9 Å². The van der Waals surface area contributed by atoms with Gasteiger partial charge in [0, 0.05) is 27.8 Å². The van der Waals surface area contributed by atoms with Crippen molar-refractivity contribution in [2.75, 3.05) is 0 Å². The first-order chi connectivity index (χ1) is 8.20. The summed E-state index contributed by atoms with van der Waals surface area (Å²) in [6.45, 7) is 2.17. The van der Waals surface area contributed by atoms with Crippen molar-refractivity contribution >= 4 is 27.3 Å². The molecule has 0 saturated heterocycles. The Labute approximate surface area is 114 Å². The van der Waals surface area contributed by atoms with Gasteiger partial charge in [-0.1, -0.05) is 6.92 Å². The summed E-state index contributed by atoms with van der Waals surface area (Å²) in [5, 5.41) is 2.12. The third kappa shape index (κ3) is 3.15. The molecular weight excluding hydrogens is 296 g/mol. The summed E-state index contributed by atoms with van der Waals surface area (Å²) in [5.74, 6) is 0. The van der Waals surface area contributed by atoms with Crippen LogP contribution in [0.5, 0.6) is 0 Å². The van der Waals surface area contributed by atoms with Crippen LogP contribution >= 0.6 is 27.3 Å². The van der Waals surface area contributed by atoms with E-state index in [1.54, 1.807) is 17.5 Å². The number of aromatic nitrogens is 1. The van der Waals surface area contributed by atoms with Gasteiger partial charge in [0.1, 0.15) is 0 Å². The van der Waals surface area contributed by atoms with Crippen molar-refractivity contribution < 1.29 is 0 Å². The molecule has 2 aromatic rings. The number of hydrogen-bond acceptors (Lipinski definition) is 3. The first kappa shape index (κ1) is 12.7. The summed E-state index contributed by atoms with van der Waals surface area (Å²) in [7, 11) is 0. The molecule has 2 rings (SSSR count). The number of rotatable bonds is 4. The van der Waals surface area contributed by atoms with E-state index < -0.39 is 0 Å². The van der Waals surface area contributed by atoms with Gasteiger partial charge in [-0.3, -0.25) is 4.98 Å². The van der Waals surface area contributed by atoms with Gasteiger partial charge in [0.25, 0.3) is 0 Å². The molecule has 0 bridgehead atoms. The van der Waals surface area contributed by atoms with Gasteiger partial charge in [0.05, 0.1) is 0 Å². The van der Waals surface area contributed by atoms with Crippen LogP contribution in [0.25, 0.3) is 0 Å². The molecule has 4 heteroatoms. The second-order valence-corrected chi connectivity index (χ2v) is 5.85. The average Bonchev–Trinajstić information content (AvgIpc) is 2.77. The average molecular weight is 311 g/mol. The second kappa shape index (κ2) is 5.76. The van der Waals surface area contributed by atoms with Crippen LogP contribution < -0.4 is 5.73 Å². The molecule has 0 fully saturated rings. The van der Waals surface area contributed by atoms with E-state index in [4.69, 9.17) is 5.73 Å². The monoisotopic (exact) mass is 310 g/mol. The maximum absolute atomic E-state index is 6.27. The Hall–Kier alpha value is -0.710. The maximum Gasteiger partial charge on any atom is 0.0433 e. The van der Waals surface area contributed by atoms with Crippen LogP contribution in [0.1, 0.15) is 29.0 Å². The minimum absolute atomic E-state index is 0.0704. The Morgan fingerprint density at radius 2 is 2.29 bits per heavy atom. The molecule has 0 amide bonds. The van der Waals surface area contributed by atoms with E-state index in [0.717, 1.165) is 17.3 Å². The van der Waals surface area contributed by atoms with Gasteiger partial charge in [-0.05, 0) is 57.4 Å². The molecule has 2 N–H and O–H groups in total. The fourth-order valence-corrected chi connectivity index (χ4v) is 3.29. The molecule has 0 aliphatic rings. The van der Waals surface area contributed by atoms with Crippen LogP contribution in [0, 0.1) is 0 Å². The molecule has 0 aliphatic heterocycles. The zero-order valence-corrected chi connectivity index (χ0v) is 12.1. The highest BCUT2D eigenvalue weighted by atomic mass is 79.9. The highest BCUT2D eigenvalue weighted by Gasteiger charge is 2.12. The Kier molecular flexibility index (Phi) is 4.31. The van der Waals surface area contributed by atoms with E-state index in [1.807, 2.05) is 6.20 Å². The molecule has 2 aromatic heterocycles. The van der Waals surface area contributed by atoms with Crippen molar-refractivity contribution in [3.05, 3.63) is 50.4 Å². The lowest BCUT2D eigenvalue weighted by atomic mass is 10.0. The molecular formula is C13H15BrN2S. The summed E-state index contributed by atoms with van der Waals surface area (Å²) in [6, 6.07) is 4.31. The van der Waals surface area contributed by atoms with Gasteiger partial charge in [0.15, 0.2) is 0 Å². The number of nitrogens with two attached hydrogens (primary N) is 1. The standard InChI is InChI=1S/C13H15BrN2S/c1-2-10-3-4-17-13(10)12(15)6-9-5-11(14)8-16-7-9/h3-5,7-8,12H,2,6,15H2,1H3. The quantitative estimate of drug-likeness (QED) is 0.935. The van der Waals surface area contributed by atoms with Crippen molar-refractivity contribution in [2.45, 2.75) is 25.8 Å². The van der Waals surface area contributed by atoms with Crippen LogP contribution in [0.4, 0.5) is 0 Å². The van der Waals surface area contributed by atoms with Gasteiger partial charge in [0.2, 0.25) is 0 Å². The molecule has 0 spiro atoms. The largest absolute Gasteiger partial charge is 0.323 e. The Morgan fingerprint density at radius 3 is 3.00 bits per heavy atom. The normalized spacial score (nSPS) is 12.6. The van der Waals surface area contributed by atoms with Crippen molar-refractivity contribution in [1.29, 1.82) is 0 Å². The highest BCUT2D eigenvalue weighted by Crippen LogP contribution is 2.26. The van der Waals surface area contributed by atoms with Gasteiger partial charge in [-0.25, -0.2) is 0 Å². The molecule has 1 unspecified atom stereocenters. The maximum atomic E-state index is 6.27. The molecule has 0 aliphatic carbocycles. The lowest BCUT2D eigenvalue weighted by Gasteiger charge is -2.12. The number of nitrogens with zero attached hydrogens (tertiary/aromatic N) is 1. The number of thiophene rings is 1. The summed E-state index contributed by atoms with van der Waals surface area (Å²) in [4.78, 5) is 5.46. The molecule has 17 heavy (non-hydrogen) atoms. The summed E-state index contributed by atoms with van der Waals surface area (Å²) in [5.41, 5.74) is 8.80. The predicted molar refractivity (Wildman–Crippen MR) is 76.3 cm³/mol. The Bertz CT molecular complexity index is 496. The van der Waals surface area contributed by atoms with Crippen molar-refractivity contribution in [1.82, 2.24) is 4.98 Å². The fraction of sp³-hybridized carbons (Fsp3) is 0.308. The number of aryl methyl sites for hydroxylation is 1. The minimum atomic E-state index is 0.0704. The fourth-order valence-electron chi connectivity index (χ4n) is 1.88. The predicted octanol–water partition coefficient (Wildman–Crippen LogP) is 3.71. The molecule has 0 saturated carbocycles. The van der Waals surface area contributed by atoms with E-state index in [2.05, 4.69) is 45.4 Å². The van der Waals surface area contributed by atoms with Crippen LogP contribution in [0.15, 0.2) is 34.4 Å². The molecule has 90 valence electrons. The number of halogens is 1. The van der Waals surface area contributed by atoms with E-state index >= 15 is 0 Å². The Balaban J connectivity index is 2.14. The lowest BCUT2D eigenvalue weighted by Crippen LogP contribution is -2.13. The third-order valence-corrected chi connectivity index (χ3v) is 4.24. The zero-order valence-electron chi connectivity index (χ0n) is 9.69. The van der Waals surface area contributed by atoms with Gasteiger partial charge in [-0.15, -0.1) is 11.3 Å². The molecule has 0 radical (unpaired) electrons. The van der Waals surface area contributed by atoms with Crippen molar-refractivity contribution in [3.8, 4) is 0 Å². The first-order valence-electron chi connectivity index (χ1n) is 5.62. The number of pyridine rings is 1. The molecule has 1 atom stereocenters. The van der Waals surface area contributed by atoms with Crippen molar-refractivity contribution in [2.24, 2.45) is 5.73 Å². The van der Waals surface area contributed by atoms with E-state index in [-0.39, 0.29) is 6.04 Å². The zero-order chi connectivity index (χ0) is 12.3. The summed E-state index contributed by atoms with van der Waals surface area (Å²) >= 11 is 5.18. The summed E-state index contributed by atoms with van der Waals surface area (Å²) < 4.78 is 1.00. The van der Waals surface area contributed by atoms with Crippen LogP contribution in [0.2, 0.25) is 0 Å². The molecule has 2 heterocycles. The Morgan fingerprint density at radius 1 is 1.47 bits per heavy atom. The minimum Gasteiger partial charge on any atom is -0.323 e. The van der Waals surface area contributed by atoms with E-state index in [1.165, 1.54) is 16.0 Å². The van der Waals surface area contributed by atoms with E-state index in [0.29, 0.717) is 0 Å². The first-order valence-corrected chi connectivity index (χ1v) is 7.29. The van der Waals surface area contributed by atoms with Crippen molar-refractivity contribution in [3.63, 3.8) is 0 Å². The third-order valence-electron chi connectivity index (χ3n) is 2.72. The number of hydrogen-bond donors (Lipinski definition) is 1. The smallest absolute Gasteiger partial charge is 0.0433 e. The second-order valence-electron chi connectivity index (χ2n) is 3.99. The molecule has 0 aromatic carbocycles. The van der Waals surface area contributed by atoms with Crippen LogP contribution in [-0.4, -0.2) is 4.98 Å². The SMILES string of the molecule is CCc1ccsc1C(N)Cc1cncc(Br)c1. The van der Waals surface area contributed by atoms with Crippen LogP contribution in [-0.2, 0) is 12.8 Å². The highest BCUT2D eigenvalue weighted by molar-refractivity contribution is 9.10. The van der Waals surface area contributed by atoms with Gasteiger partial charge in [-0.2, -0.15) is 0 Å². The van der Waals surface area contributed by atoms with Gasteiger partial charge >= 0.3 is 0 Å². The van der Waals surface area contributed by atoms with E-state index in [9.17, 15) is 0 Å². The summed E-state index contributed by atoms with van der Waals surface area (Å²) in [6.07, 6.45) is 5.55. The van der Waals surface area contributed by atoms with Gasteiger partial charge < -0.3 is 5.73 Å². The van der Waals surface area contributed by atoms with Crippen LogP contribution in [0.3, 0.4) is 0 Å². The molecule has 2 nitrogen and oxygen atoms in total. The lowest BCUT2D eigenvalue weighted by molar-refractivity contribution is 0.725.